The predicted octanol–water partition coefficient (Wildman–Crippen LogP) is 2.96. The highest BCUT2D eigenvalue weighted by molar-refractivity contribution is 7.89. The summed E-state index contributed by atoms with van der Waals surface area (Å²) in [6.07, 6.45) is 1.38. The van der Waals surface area contributed by atoms with E-state index in [1.807, 2.05) is 0 Å². The van der Waals surface area contributed by atoms with Crippen LogP contribution in [0.25, 0.3) is 0 Å². The van der Waals surface area contributed by atoms with Gasteiger partial charge >= 0.3 is 5.97 Å². The summed E-state index contributed by atoms with van der Waals surface area (Å²) in [6.45, 7) is -0.277. The summed E-state index contributed by atoms with van der Waals surface area (Å²) < 4.78 is 57.8. The molecule has 13 heteroatoms. The molecular weight excluding hydrogens is 523 g/mol. The Balaban J connectivity index is 1.48. The number of sulfonamides is 1. The van der Waals surface area contributed by atoms with Crippen LogP contribution in [0.15, 0.2) is 65.6 Å². The van der Waals surface area contributed by atoms with E-state index in [-0.39, 0.29) is 23.2 Å². The smallest absolute Gasteiger partial charge is 0.305 e. The van der Waals surface area contributed by atoms with Crippen LogP contribution in [-0.2, 0) is 35.7 Å². The number of halogens is 1. The molecule has 2 aliphatic rings. The van der Waals surface area contributed by atoms with Gasteiger partial charge in [0.25, 0.3) is 10.0 Å². The quantitative estimate of drug-likeness (QED) is 0.283. The Morgan fingerprint density at radius 3 is 2.47 bits per heavy atom. The minimum absolute atomic E-state index is 0.136. The maximum absolute atomic E-state index is 13.5. The zero-order chi connectivity index (χ0) is 27.3. The van der Waals surface area contributed by atoms with Crippen molar-refractivity contribution < 1.29 is 46.9 Å². The van der Waals surface area contributed by atoms with Crippen LogP contribution in [0.4, 0.5) is 4.39 Å². The molecule has 1 aliphatic carbocycles. The molecule has 0 aromatic heterocycles. The number of carbonyl (C=O) groups is 2. The van der Waals surface area contributed by atoms with Gasteiger partial charge in [0.15, 0.2) is 0 Å². The molecule has 2 aromatic carbocycles. The number of nitrogens with one attached hydrogen (secondary N) is 1. The molecule has 1 amide bonds. The summed E-state index contributed by atoms with van der Waals surface area (Å²) in [7, 11) is -4.27. The van der Waals surface area contributed by atoms with Crippen LogP contribution < -0.4 is 10.2 Å². The fourth-order valence-electron chi connectivity index (χ4n) is 4.46. The Morgan fingerprint density at radius 2 is 1.82 bits per heavy atom. The average Bonchev–Trinajstić information content (AvgIpc) is 3.58. The Kier molecular flexibility index (Phi) is 8.37. The van der Waals surface area contributed by atoms with Gasteiger partial charge in [0.2, 0.25) is 18.1 Å². The summed E-state index contributed by atoms with van der Waals surface area (Å²) in [6, 6.07) is 11.3. The zero-order valence-corrected chi connectivity index (χ0v) is 21.0. The first-order valence-corrected chi connectivity index (χ1v) is 13.3. The molecule has 2 aromatic rings. The van der Waals surface area contributed by atoms with Gasteiger partial charge in [-0.25, -0.2) is 22.6 Å². The molecule has 3 unspecified atom stereocenters. The van der Waals surface area contributed by atoms with E-state index in [4.69, 9.17) is 19.4 Å². The van der Waals surface area contributed by atoms with E-state index in [1.165, 1.54) is 36.4 Å². The van der Waals surface area contributed by atoms with E-state index >= 15 is 0 Å². The second kappa shape index (κ2) is 11.7. The van der Waals surface area contributed by atoms with Gasteiger partial charge in [0.05, 0.1) is 17.2 Å². The summed E-state index contributed by atoms with van der Waals surface area (Å²) in [5.74, 6) is -3.00. The van der Waals surface area contributed by atoms with Crippen molar-refractivity contribution >= 4 is 21.9 Å². The number of aliphatic carboxylic acids is 1. The first kappa shape index (κ1) is 27.2. The van der Waals surface area contributed by atoms with E-state index in [0.29, 0.717) is 25.0 Å². The maximum atomic E-state index is 13.5. The summed E-state index contributed by atoms with van der Waals surface area (Å²) in [4.78, 5) is 23.1. The van der Waals surface area contributed by atoms with E-state index in [0.717, 1.165) is 16.1 Å². The molecule has 1 heterocycles. The molecule has 4 rings (SSSR count). The number of carbonyl (C=O) groups excluding carboxylic acids is 1. The molecule has 1 fully saturated rings. The number of hydrogen-bond donors (Lipinski definition) is 3. The Bertz CT molecular complexity index is 1280. The van der Waals surface area contributed by atoms with Gasteiger partial charge in [-0.15, -0.1) is 0 Å². The normalized spacial score (nSPS) is 20.7. The van der Waals surface area contributed by atoms with Gasteiger partial charge < -0.3 is 19.3 Å². The van der Waals surface area contributed by atoms with Crippen molar-refractivity contribution in [3.8, 4) is 5.75 Å². The molecule has 3 atom stereocenters. The third kappa shape index (κ3) is 6.17. The fourth-order valence-corrected chi connectivity index (χ4v) is 5.85. The molecule has 0 bridgehead atoms. The number of hydrogen-bond acceptors (Lipinski definition) is 8. The molecule has 0 spiro atoms. The van der Waals surface area contributed by atoms with Gasteiger partial charge in [-0.3, -0.25) is 14.8 Å². The van der Waals surface area contributed by atoms with Crippen LogP contribution in [0.3, 0.4) is 0 Å². The van der Waals surface area contributed by atoms with Gasteiger partial charge in [0, 0.05) is 12.5 Å². The van der Waals surface area contributed by atoms with Crippen molar-refractivity contribution in [1.82, 2.24) is 9.79 Å². The first-order valence-electron chi connectivity index (χ1n) is 11.9. The van der Waals surface area contributed by atoms with Gasteiger partial charge in [-0.2, -0.15) is 0 Å². The van der Waals surface area contributed by atoms with E-state index < -0.39 is 53.0 Å². The molecule has 38 heavy (non-hydrogen) atoms. The number of amides is 1. The minimum Gasteiger partial charge on any atom is -0.489 e. The zero-order valence-electron chi connectivity index (χ0n) is 20.2. The van der Waals surface area contributed by atoms with Crippen molar-refractivity contribution in [3.63, 3.8) is 0 Å². The summed E-state index contributed by atoms with van der Waals surface area (Å²) >= 11 is 0. The number of rotatable bonds is 11. The molecular formula is C25H27FN2O9S. The van der Waals surface area contributed by atoms with Crippen molar-refractivity contribution in [3.05, 3.63) is 72.1 Å². The molecule has 11 nitrogen and oxygen atoms in total. The standard InChI is InChI=1S/C25H27FN2O9S/c26-17-6-4-16(5-7-17)14-35-18-8-10-19(11-9-18)38(33,34)28(13-12-23(29)30)22-15-36-25(37-22)21-3-1-2-20(21)24(31)27-32/h4-11,15,20-21,25,32H,1-3,12-14H2,(H,27,31)(H,29,30). The maximum Gasteiger partial charge on any atom is 0.305 e. The molecule has 1 saturated carbocycles. The third-order valence-electron chi connectivity index (χ3n) is 6.41. The SMILES string of the molecule is O=C(O)CCN(C1=COC(C2CCCC2C(=O)NO)O1)S(=O)(=O)c1ccc(OCc2ccc(F)cc2)cc1. The van der Waals surface area contributed by atoms with Crippen LogP contribution in [0.1, 0.15) is 31.2 Å². The number of carboxylic acids is 1. The van der Waals surface area contributed by atoms with Gasteiger partial charge in [-0.1, -0.05) is 18.6 Å². The van der Waals surface area contributed by atoms with Crippen LogP contribution >= 0.6 is 0 Å². The lowest BCUT2D eigenvalue weighted by molar-refractivity contribution is -0.143. The predicted molar refractivity (Wildman–Crippen MR) is 128 cm³/mol. The van der Waals surface area contributed by atoms with Crippen LogP contribution in [-0.4, -0.2) is 47.7 Å². The highest BCUT2D eigenvalue weighted by Crippen LogP contribution is 2.39. The van der Waals surface area contributed by atoms with Crippen LogP contribution in [0, 0.1) is 17.7 Å². The highest BCUT2D eigenvalue weighted by atomic mass is 32.2. The number of hydroxylamine groups is 1. The fraction of sp³-hybridized carbons (Fsp3) is 0.360. The molecule has 0 radical (unpaired) electrons. The number of nitrogens with zero attached hydrogens (tertiary/aromatic N) is 1. The van der Waals surface area contributed by atoms with E-state index in [9.17, 15) is 27.5 Å². The molecule has 3 N–H and O–H groups in total. The monoisotopic (exact) mass is 550 g/mol. The van der Waals surface area contributed by atoms with Crippen molar-refractivity contribution in [2.45, 2.75) is 43.5 Å². The third-order valence-corrected chi connectivity index (χ3v) is 8.22. The largest absolute Gasteiger partial charge is 0.489 e. The molecule has 1 aliphatic heterocycles. The van der Waals surface area contributed by atoms with Gasteiger partial charge in [-0.05, 0) is 54.8 Å². The number of ether oxygens (including phenoxy) is 3. The number of benzene rings is 2. The van der Waals surface area contributed by atoms with Crippen LogP contribution in [0.2, 0.25) is 0 Å². The lowest BCUT2D eigenvalue weighted by atomic mass is 9.95. The average molecular weight is 551 g/mol. The van der Waals surface area contributed by atoms with Crippen molar-refractivity contribution in [1.29, 1.82) is 0 Å². The lowest BCUT2D eigenvalue weighted by Gasteiger charge is -2.27. The Morgan fingerprint density at radius 1 is 1.11 bits per heavy atom. The highest BCUT2D eigenvalue weighted by Gasteiger charge is 2.44. The van der Waals surface area contributed by atoms with Crippen LogP contribution in [0.5, 0.6) is 5.75 Å². The minimum atomic E-state index is -4.27. The van der Waals surface area contributed by atoms with Gasteiger partial charge in [0.1, 0.15) is 24.4 Å². The topological polar surface area (TPSA) is 152 Å². The Labute approximate surface area is 218 Å². The van der Waals surface area contributed by atoms with Crippen molar-refractivity contribution in [2.75, 3.05) is 6.54 Å². The summed E-state index contributed by atoms with van der Waals surface area (Å²) in [5.41, 5.74) is 2.36. The molecule has 0 saturated heterocycles. The first-order chi connectivity index (χ1) is 18.2. The number of carboxylic acid groups (broad SMARTS) is 1. The second-order valence-corrected chi connectivity index (χ2v) is 10.7. The second-order valence-electron chi connectivity index (χ2n) is 8.86. The lowest BCUT2D eigenvalue weighted by Crippen LogP contribution is -2.37. The molecule has 204 valence electrons. The van der Waals surface area contributed by atoms with E-state index in [1.54, 1.807) is 17.6 Å². The Hall–Kier alpha value is -3.84. The summed E-state index contributed by atoms with van der Waals surface area (Å²) in [5, 5.41) is 18.2. The van der Waals surface area contributed by atoms with E-state index in [2.05, 4.69) is 0 Å². The van der Waals surface area contributed by atoms with Crippen molar-refractivity contribution in [2.24, 2.45) is 11.8 Å².